The van der Waals surface area contributed by atoms with Crippen LogP contribution in [-0.2, 0) is 4.79 Å². The number of pyridine rings is 1. The number of carbonyl (C=O) groups is 1. The highest BCUT2D eigenvalue weighted by molar-refractivity contribution is 7.15. The summed E-state index contributed by atoms with van der Waals surface area (Å²) in [5.74, 6) is 0.0989. The van der Waals surface area contributed by atoms with Crippen LogP contribution in [0.15, 0.2) is 47.6 Å². The van der Waals surface area contributed by atoms with Crippen molar-refractivity contribution in [1.82, 2.24) is 19.7 Å². The molecule has 1 unspecified atom stereocenters. The Labute approximate surface area is 212 Å². The van der Waals surface area contributed by atoms with Crippen molar-refractivity contribution in [3.05, 3.63) is 75.8 Å². The molecule has 0 amide bonds. The fourth-order valence-electron chi connectivity index (χ4n) is 4.27. The first kappa shape index (κ1) is 23.7. The van der Waals surface area contributed by atoms with E-state index in [-0.39, 0.29) is 0 Å². The molecule has 4 aromatic rings. The highest BCUT2D eigenvalue weighted by Gasteiger charge is 2.36. The summed E-state index contributed by atoms with van der Waals surface area (Å²) in [5, 5.41) is 22.8. The lowest BCUT2D eigenvalue weighted by molar-refractivity contribution is -0.141. The van der Waals surface area contributed by atoms with Crippen molar-refractivity contribution >= 4 is 34.4 Å². The molecule has 0 fully saturated rings. The number of anilines is 2. The maximum atomic E-state index is 12.0. The zero-order valence-corrected chi connectivity index (χ0v) is 21.4. The Bertz CT molecular complexity index is 1470. The number of aryl methyl sites for hydroxylation is 2. The summed E-state index contributed by atoms with van der Waals surface area (Å²) < 4.78 is 7.08. The Morgan fingerprint density at radius 2 is 1.83 bits per heavy atom. The average Bonchev–Trinajstić information content (AvgIpc) is 3.34. The van der Waals surface area contributed by atoms with E-state index in [0.29, 0.717) is 17.5 Å². The van der Waals surface area contributed by atoms with Crippen LogP contribution >= 0.6 is 11.3 Å². The van der Waals surface area contributed by atoms with E-state index >= 15 is 0 Å². The number of hydrogen-bond acceptors (Lipinski definition) is 8. The van der Waals surface area contributed by atoms with Crippen LogP contribution in [0, 0.1) is 26.7 Å². The molecule has 0 saturated carbocycles. The average molecular weight is 503 g/mol. The third kappa shape index (κ3) is 4.03. The largest absolute Gasteiger partial charge is 0.481 e. The maximum absolute atomic E-state index is 12.0. The molecule has 0 spiro atoms. The first-order valence-electron chi connectivity index (χ1n) is 11.5. The molecule has 5 rings (SSSR count). The highest BCUT2D eigenvalue weighted by atomic mass is 32.1. The summed E-state index contributed by atoms with van der Waals surface area (Å²) in [6.45, 7) is 7.70. The number of fused-ring (bicyclic) bond motifs is 3. The summed E-state index contributed by atoms with van der Waals surface area (Å²) in [4.78, 5) is 22.5. The van der Waals surface area contributed by atoms with Gasteiger partial charge in [-0.3, -0.25) is 14.4 Å². The molecule has 1 aliphatic heterocycles. The molecular weight excluding hydrogens is 476 g/mol. The molecular formula is C26H26N6O3S. The van der Waals surface area contributed by atoms with E-state index in [4.69, 9.17) is 9.73 Å². The molecule has 184 valence electrons. The van der Waals surface area contributed by atoms with Gasteiger partial charge in [0.2, 0.25) is 5.88 Å². The summed E-state index contributed by atoms with van der Waals surface area (Å²) in [6, 6.07) is 11.0. The van der Waals surface area contributed by atoms with Gasteiger partial charge < -0.3 is 15.2 Å². The SMILES string of the molecule is COc1ccc(Nc2ccc(C3=N[C@@H](C(C)C(=O)O)c4nnc(C)n4-c4sc(C)c(C)c43)cc2)cn1. The molecule has 0 aliphatic carbocycles. The lowest BCUT2D eigenvalue weighted by atomic mass is 9.98. The maximum Gasteiger partial charge on any atom is 0.308 e. The van der Waals surface area contributed by atoms with Crippen molar-refractivity contribution in [3.8, 4) is 10.9 Å². The summed E-state index contributed by atoms with van der Waals surface area (Å²) in [5.41, 5.74) is 5.49. The Morgan fingerprint density at radius 3 is 2.47 bits per heavy atom. The quantitative estimate of drug-likeness (QED) is 0.381. The van der Waals surface area contributed by atoms with Gasteiger partial charge in [-0.05, 0) is 51.5 Å². The fraction of sp³-hybridized carbons (Fsp3) is 0.269. The normalized spacial score (nSPS) is 15.4. The monoisotopic (exact) mass is 502 g/mol. The van der Waals surface area contributed by atoms with Gasteiger partial charge in [0.1, 0.15) is 16.9 Å². The molecule has 4 heterocycles. The van der Waals surface area contributed by atoms with Crippen LogP contribution in [0.3, 0.4) is 0 Å². The number of aromatic nitrogens is 4. The van der Waals surface area contributed by atoms with Crippen molar-refractivity contribution in [2.24, 2.45) is 10.9 Å². The third-order valence-electron chi connectivity index (χ3n) is 6.44. The fourth-order valence-corrected chi connectivity index (χ4v) is 5.48. The number of rotatable bonds is 6. The van der Waals surface area contributed by atoms with E-state index in [9.17, 15) is 9.90 Å². The van der Waals surface area contributed by atoms with E-state index in [1.807, 2.05) is 41.8 Å². The van der Waals surface area contributed by atoms with E-state index in [1.165, 1.54) is 4.88 Å². The minimum Gasteiger partial charge on any atom is -0.481 e. The first-order chi connectivity index (χ1) is 17.3. The molecule has 10 heteroatoms. The van der Waals surface area contributed by atoms with Crippen LogP contribution in [0.5, 0.6) is 5.88 Å². The smallest absolute Gasteiger partial charge is 0.308 e. The number of carboxylic acids is 1. The van der Waals surface area contributed by atoms with Gasteiger partial charge in [-0.25, -0.2) is 4.98 Å². The molecule has 2 N–H and O–H groups in total. The minimum absolute atomic E-state index is 0.546. The second-order valence-electron chi connectivity index (χ2n) is 8.75. The highest BCUT2D eigenvalue weighted by Crippen LogP contribution is 2.40. The number of aliphatic carboxylic acids is 1. The van der Waals surface area contributed by atoms with Crippen LogP contribution in [-0.4, -0.2) is 43.6 Å². The summed E-state index contributed by atoms with van der Waals surface area (Å²) in [6.07, 6.45) is 1.71. The van der Waals surface area contributed by atoms with E-state index in [2.05, 4.69) is 34.3 Å². The predicted molar refractivity (Wildman–Crippen MR) is 139 cm³/mol. The van der Waals surface area contributed by atoms with Crippen molar-refractivity contribution in [1.29, 1.82) is 0 Å². The number of carboxylic acid groups (broad SMARTS) is 1. The Morgan fingerprint density at radius 1 is 1.11 bits per heavy atom. The van der Waals surface area contributed by atoms with E-state index in [0.717, 1.165) is 38.8 Å². The molecule has 0 radical (unpaired) electrons. The summed E-state index contributed by atoms with van der Waals surface area (Å²) >= 11 is 1.65. The van der Waals surface area contributed by atoms with Gasteiger partial charge in [-0.2, -0.15) is 0 Å². The molecule has 9 nitrogen and oxygen atoms in total. The molecule has 1 aromatic carbocycles. The number of methoxy groups -OCH3 is 1. The lowest BCUT2D eigenvalue weighted by Crippen LogP contribution is -2.21. The molecule has 0 bridgehead atoms. The van der Waals surface area contributed by atoms with Gasteiger partial charge >= 0.3 is 5.97 Å². The van der Waals surface area contributed by atoms with Crippen molar-refractivity contribution in [2.75, 3.05) is 12.4 Å². The van der Waals surface area contributed by atoms with Crippen molar-refractivity contribution in [3.63, 3.8) is 0 Å². The van der Waals surface area contributed by atoms with Gasteiger partial charge in [0.05, 0.1) is 30.6 Å². The van der Waals surface area contributed by atoms with Gasteiger partial charge in [-0.1, -0.05) is 12.1 Å². The van der Waals surface area contributed by atoms with Crippen LogP contribution < -0.4 is 10.1 Å². The van der Waals surface area contributed by atoms with Gasteiger partial charge in [-0.15, -0.1) is 21.5 Å². The Balaban J connectivity index is 1.59. The zero-order valence-electron chi connectivity index (χ0n) is 20.6. The summed E-state index contributed by atoms with van der Waals surface area (Å²) in [7, 11) is 1.58. The van der Waals surface area contributed by atoms with Crippen molar-refractivity contribution < 1.29 is 14.6 Å². The number of benzene rings is 1. The predicted octanol–water partition coefficient (Wildman–Crippen LogP) is 5.01. The number of nitrogens with one attached hydrogen (secondary N) is 1. The Kier molecular flexibility index (Phi) is 6.05. The topological polar surface area (TPSA) is 115 Å². The van der Waals surface area contributed by atoms with Gasteiger partial charge in [0, 0.05) is 27.8 Å². The molecule has 2 atom stereocenters. The van der Waals surface area contributed by atoms with Crippen molar-refractivity contribution in [2.45, 2.75) is 33.7 Å². The molecule has 3 aromatic heterocycles. The second kappa shape index (κ2) is 9.19. The van der Waals surface area contributed by atoms with Crippen LogP contribution in [0.25, 0.3) is 5.00 Å². The van der Waals surface area contributed by atoms with E-state index < -0.39 is 17.9 Å². The van der Waals surface area contributed by atoms with Crippen LogP contribution in [0.2, 0.25) is 0 Å². The molecule has 0 saturated heterocycles. The van der Waals surface area contributed by atoms with Crippen LogP contribution in [0.1, 0.15) is 46.2 Å². The standard InChI is InChI=1S/C26H26N6O3S/c1-13-15(3)36-25-21(13)23(29-22(14(2)26(33)34)24-31-30-16(4)32(24)25)17-6-8-18(9-7-17)28-19-10-11-20(35-5)27-12-19/h6-12,14,22,28H,1-5H3,(H,33,34)/t14?,22-/m0/s1. The number of nitrogens with zero attached hydrogens (tertiary/aromatic N) is 5. The molecule has 36 heavy (non-hydrogen) atoms. The van der Waals surface area contributed by atoms with E-state index in [1.54, 1.807) is 37.6 Å². The zero-order chi connectivity index (χ0) is 25.6. The number of hydrogen-bond donors (Lipinski definition) is 2. The van der Waals surface area contributed by atoms with Gasteiger partial charge in [0.25, 0.3) is 0 Å². The minimum atomic E-state index is -0.930. The number of ether oxygens (including phenoxy) is 1. The van der Waals surface area contributed by atoms with Crippen LogP contribution in [0.4, 0.5) is 11.4 Å². The first-order valence-corrected chi connectivity index (χ1v) is 12.3. The number of thiophene rings is 1. The lowest BCUT2D eigenvalue weighted by Gasteiger charge is -2.16. The number of aliphatic imine (C=N–C) groups is 1. The van der Waals surface area contributed by atoms with Gasteiger partial charge in [0.15, 0.2) is 5.82 Å². The third-order valence-corrected chi connectivity index (χ3v) is 7.64. The second-order valence-corrected chi connectivity index (χ2v) is 9.95. The Hall–Kier alpha value is -4.05. The molecule has 1 aliphatic rings.